The fraction of sp³-hybridized carbons (Fsp3) is 0.412. The third-order valence-electron chi connectivity index (χ3n) is 3.97. The number of hydrogen-bond acceptors (Lipinski definition) is 4. The van der Waals surface area contributed by atoms with E-state index in [1.165, 1.54) is 6.08 Å². The molecule has 0 unspecified atom stereocenters. The van der Waals surface area contributed by atoms with Crippen molar-refractivity contribution in [1.82, 2.24) is 10.2 Å². The van der Waals surface area contributed by atoms with Crippen LogP contribution in [0.3, 0.4) is 0 Å². The highest BCUT2D eigenvalue weighted by atomic mass is 35.5. The molecule has 1 N–H and O–H groups in total. The average Bonchev–Trinajstić information content (AvgIpc) is 3.24. The van der Waals surface area contributed by atoms with E-state index in [2.05, 4.69) is 5.32 Å². The van der Waals surface area contributed by atoms with E-state index in [1.54, 1.807) is 18.2 Å². The van der Waals surface area contributed by atoms with E-state index in [9.17, 15) is 9.59 Å². The van der Waals surface area contributed by atoms with Gasteiger partial charge < -0.3 is 19.7 Å². The van der Waals surface area contributed by atoms with Gasteiger partial charge >= 0.3 is 0 Å². The predicted octanol–water partition coefficient (Wildman–Crippen LogP) is 2.21. The summed E-state index contributed by atoms with van der Waals surface area (Å²) in [5, 5.41) is 3.16. The molecule has 6 nitrogen and oxygen atoms in total. The van der Waals surface area contributed by atoms with Gasteiger partial charge in [0.25, 0.3) is 0 Å². The summed E-state index contributed by atoms with van der Waals surface area (Å²) in [6.07, 6.45) is 5.52. The van der Waals surface area contributed by atoms with E-state index in [1.807, 2.05) is 4.90 Å². The number of fused-ring (bicyclic) bond motifs is 1. The summed E-state index contributed by atoms with van der Waals surface area (Å²) in [6, 6.07) is 3.46. The van der Waals surface area contributed by atoms with Crippen molar-refractivity contribution < 1.29 is 19.1 Å². The number of nitrogens with one attached hydrogen (secondary N) is 1. The van der Waals surface area contributed by atoms with Crippen LogP contribution in [0.2, 0.25) is 5.02 Å². The van der Waals surface area contributed by atoms with Gasteiger partial charge in [0, 0.05) is 32.1 Å². The first-order valence-corrected chi connectivity index (χ1v) is 8.34. The van der Waals surface area contributed by atoms with Crippen molar-refractivity contribution in [2.24, 2.45) is 0 Å². The average molecular weight is 351 g/mol. The van der Waals surface area contributed by atoms with Crippen molar-refractivity contribution in [3.8, 4) is 11.5 Å². The summed E-state index contributed by atoms with van der Waals surface area (Å²) in [5.41, 5.74) is 0.743. The topological polar surface area (TPSA) is 67.9 Å². The van der Waals surface area contributed by atoms with Crippen LogP contribution in [-0.2, 0) is 9.59 Å². The number of nitrogens with zero attached hydrogens (tertiary/aromatic N) is 1. The normalized spacial score (nSPS) is 16.0. The molecule has 7 heteroatoms. The number of carbonyl (C=O) groups is 2. The molecule has 0 radical (unpaired) electrons. The Hall–Kier alpha value is -2.21. The standard InChI is InChI=1S/C17H19ClN2O4/c18-13-9-12(10-14-17(13)24-11-23-14)3-4-15(21)19-6-5-16(22)20-7-1-2-8-20/h3-4,9-10H,1-2,5-8,11H2,(H,19,21)/b4-3+. The van der Waals surface area contributed by atoms with E-state index in [0.29, 0.717) is 29.5 Å². The van der Waals surface area contributed by atoms with E-state index in [-0.39, 0.29) is 18.6 Å². The van der Waals surface area contributed by atoms with Crippen molar-refractivity contribution in [3.05, 3.63) is 28.8 Å². The van der Waals surface area contributed by atoms with E-state index < -0.39 is 0 Å². The summed E-state index contributed by atoms with van der Waals surface area (Å²) in [6.45, 7) is 2.14. The molecule has 0 aliphatic carbocycles. The maximum atomic E-state index is 11.9. The Balaban J connectivity index is 1.47. The van der Waals surface area contributed by atoms with Gasteiger partial charge in [0.15, 0.2) is 11.5 Å². The fourth-order valence-electron chi connectivity index (χ4n) is 2.73. The van der Waals surface area contributed by atoms with Crippen LogP contribution in [0.1, 0.15) is 24.8 Å². The third kappa shape index (κ3) is 4.00. The number of benzene rings is 1. The Morgan fingerprint density at radius 2 is 2.04 bits per heavy atom. The minimum Gasteiger partial charge on any atom is -0.454 e. The molecule has 0 saturated carbocycles. The molecule has 0 atom stereocenters. The lowest BCUT2D eigenvalue weighted by Gasteiger charge is -2.14. The molecule has 1 aromatic rings. The maximum Gasteiger partial charge on any atom is 0.244 e. The minimum absolute atomic E-state index is 0.0966. The number of hydrogen-bond donors (Lipinski definition) is 1. The molecule has 3 rings (SSSR count). The van der Waals surface area contributed by atoms with Crippen molar-refractivity contribution in [3.63, 3.8) is 0 Å². The molecule has 2 aliphatic rings. The van der Waals surface area contributed by atoms with Gasteiger partial charge in [-0.15, -0.1) is 0 Å². The monoisotopic (exact) mass is 350 g/mol. The van der Waals surface area contributed by atoms with Gasteiger partial charge in [-0.05, 0) is 36.6 Å². The molecular formula is C17H19ClN2O4. The summed E-state index contributed by atoms with van der Waals surface area (Å²) < 4.78 is 10.5. The van der Waals surface area contributed by atoms with Gasteiger partial charge in [-0.2, -0.15) is 0 Å². The van der Waals surface area contributed by atoms with E-state index >= 15 is 0 Å². The van der Waals surface area contributed by atoms with Crippen LogP contribution < -0.4 is 14.8 Å². The summed E-state index contributed by atoms with van der Waals surface area (Å²) in [7, 11) is 0. The largest absolute Gasteiger partial charge is 0.454 e. The SMILES string of the molecule is O=C(/C=C/c1cc(Cl)c2c(c1)OCO2)NCCC(=O)N1CCCC1. The van der Waals surface area contributed by atoms with Gasteiger partial charge in [-0.25, -0.2) is 0 Å². The van der Waals surface area contributed by atoms with Crippen molar-refractivity contribution in [2.75, 3.05) is 26.4 Å². The molecule has 2 heterocycles. The number of amides is 2. The number of carbonyl (C=O) groups excluding carboxylic acids is 2. The summed E-state index contributed by atoms with van der Waals surface area (Å²) in [4.78, 5) is 25.5. The highest BCUT2D eigenvalue weighted by Crippen LogP contribution is 2.40. The van der Waals surface area contributed by atoms with Gasteiger partial charge in [0.05, 0.1) is 5.02 Å². The highest BCUT2D eigenvalue weighted by molar-refractivity contribution is 6.32. The molecule has 0 bridgehead atoms. The number of likely N-dealkylation sites (tertiary alicyclic amines) is 1. The zero-order valence-electron chi connectivity index (χ0n) is 13.2. The van der Waals surface area contributed by atoms with Gasteiger partial charge in [-0.1, -0.05) is 11.6 Å². The van der Waals surface area contributed by atoms with Crippen LogP contribution in [0.25, 0.3) is 6.08 Å². The number of rotatable bonds is 5. The molecular weight excluding hydrogens is 332 g/mol. The molecule has 1 aromatic carbocycles. The Morgan fingerprint density at radius 1 is 1.25 bits per heavy atom. The lowest BCUT2D eigenvalue weighted by Crippen LogP contribution is -2.32. The lowest BCUT2D eigenvalue weighted by molar-refractivity contribution is -0.130. The maximum absolute atomic E-state index is 11.9. The second-order valence-electron chi connectivity index (χ2n) is 5.70. The molecule has 2 amide bonds. The van der Waals surface area contributed by atoms with Crippen LogP contribution >= 0.6 is 11.6 Å². The van der Waals surface area contributed by atoms with Gasteiger partial charge in [0.1, 0.15) is 0 Å². The Morgan fingerprint density at radius 3 is 2.83 bits per heavy atom. The summed E-state index contributed by atoms with van der Waals surface area (Å²) >= 11 is 6.09. The van der Waals surface area contributed by atoms with Crippen molar-refractivity contribution in [1.29, 1.82) is 0 Å². The molecule has 24 heavy (non-hydrogen) atoms. The second kappa shape index (κ2) is 7.57. The molecule has 0 spiro atoms. The van der Waals surface area contributed by atoms with Crippen LogP contribution in [-0.4, -0.2) is 43.1 Å². The van der Waals surface area contributed by atoms with Crippen LogP contribution in [0.15, 0.2) is 18.2 Å². The Labute approximate surface area is 145 Å². The number of ether oxygens (including phenoxy) is 2. The molecule has 1 fully saturated rings. The van der Waals surface area contributed by atoms with Crippen molar-refractivity contribution in [2.45, 2.75) is 19.3 Å². The van der Waals surface area contributed by atoms with Gasteiger partial charge in [-0.3, -0.25) is 9.59 Å². The lowest BCUT2D eigenvalue weighted by atomic mass is 10.2. The van der Waals surface area contributed by atoms with Crippen LogP contribution in [0, 0.1) is 0 Å². The zero-order valence-corrected chi connectivity index (χ0v) is 14.0. The fourth-order valence-corrected chi connectivity index (χ4v) is 3.01. The zero-order chi connectivity index (χ0) is 16.9. The smallest absolute Gasteiger partial charge is 0.244 e. The third-order valence-corrected chi connectivity index (χ3v) is 4.25. The second-order valence-corrected chi connectivity index (χ2v) is 6.11. The Bertz CT molecular complexity index is 669. The molecule has 0 aromatic heterocycles. The van der Waals surface area contributed by atoms with Crippen LogP contribution in [0.4, 0.5) is 0 Å². The Kier molecular flexibility index (Phi) is 5.25. The quantitative estimate of drug-likeness (QED) is 0.827. The first-order chi connectivity index (χ1) is 11.6. The molecule has 1 saturated heterocycles. The van der Waals surface area contributed by atoms with Crippen LogP contribution in [0.5, 0.6) is 11.5 Å². The highest BCUT2D eigenvalue weighted by Gasteiger charge is 2.18. The van der Waals surface area contributed by atoms with E-state index in [0.717, 1.165) is 31.5 Å². The first kappa shape index (κ1) is 16.6. The summed E-state index contributed by atoms with van der Waals surface area (Å²) in [5.74, 6) is 0.940. The minimum atomic E-state index is -0.252. The molecule has 2 aliphatic heterocycles. The van der Waals surface area contributed by atoms with Gasteiger partial charge in [0.2, 0.25) is 18.6 Å². The predicted molar refractivity (Wildman–Crippen MR) is 90.0 cm³/mol. The van der Waals surface area contributed by atoms with E-state index in [4.69, 9.17) is 21.1 Å². The molecule has 128 valence electrons. The number of halogens is 1. The first-order valence-electron chi connectivity index (χ1n) is 7.96. The van der Waals surface area contributed by atoms with Crippen molar-refractivity contribution >= 4 is 29.5 Å².